The van der Waals surface area contributed by atoms with Gasteiger partial charge in [-0.05, 0) is 25.3 Å². The van der Waals surface area contributed by atoms with E-state index >= 15 is 0 Å². The van der Waals surface area contributed by atoms with Crippen molar-refractivity contribution in [3.63, 3.8) is 0 Å². The zero-order chi connectivity index (χ0) is 14.5. The highest BCUT2D eigenvalue weighted by atomic mass is 15.3. The molecule has 3 N–H and O–H groups in total. The largest absolute Gasteiger partial charge is 0.370 e. The van der Waals surface area contributed by atoms with E-state index in [4.69, 9.17) is 10.7 Å². The average molecular weight is 275 g/mol. The fourth-order valence-electron chi connectivity index (χ4n) is 2.16. The lowest BCUT2D eigenvalue weighted by Crippen LogP contribution is -2.12. The number of nitrogens with zero attached hydrogens (tertiary/aromatic N) is 3. The molecule has 0 atom stereocenters. The van der Waals surface area contributed by atoms with Crippen LogP contribution in [0.5, 0.6) is 0 Å². The number of nitrogens with one attached hydrogen (secondary N) is 1. The van der Waals surface area contributed by atoms with Gasteiger partial charge in [0.1, 0.15) is 5.82 Å². The van der Waals surface area contributed by atoms with Gasteiger partial charge in [0.05, 0.1) is 5.69 Å². The van der Waals surface area contributed by atoms with Crippen molar-refractivity contribution in [2.75, 3.05) is 18.4 Å². The second-order valence-corrected chi connectivity index (χ2v) is 5.45. The van der Waals surface area contributed by atoms with E-state index < -0.39 is 0 Å². The van der Waals surface area contributed by atoms with Gasteiger partial charge >= 0.3 is 0 Å². The lowest BCUT2D eigenvalue weighted by atomic mass is 10.1. The third-order valence-corrected chi connectivity index (χ3v) is 3.28. The van der Waals surface area contributed by atoms with E-state index in [9.17, 15) is 0 Å². The first kappa shape index (κ1) is 14.8. The van der Waals surface area contributed by atoms with Crippen molar-refractivity contribution in [2.45, 2.75) is 46.0 Å². The maximum atomic E-state index is 5.55. The molecule has 5 nitrogen and oxygen atoms in total. The Labute approximate surface area is 120 Å². The zero-order valence-electron chi connectivity index (χ0n) is 12.7. The van der Waals surface area contributed by atoms with Gasteiger partial charge in [-0.15, -0.1) is 0 Å². The van der Waals surface area contributed by atoms with Gasteiger partial charge in [-0.1, -0.05) is 27.2 Å². The molecule has 110 valence electrons. The molecule has 20 heavy (non-hydrogen) atoms. The molecule has 2 rings (SSSR count). The van der Waals surface area contributed by atoms with Crippen LogP contribution in [0.1, 0.15) is 50.9 Å². The number of hydrogen-bond donors (Lipinski definition) is 2. The van der Waals surface area contributed by atoms with Gasteiger partial charge in [-0.2, -0.15) is 9.61 Å². The molecule has 0 amide bonds. The molecule has 0 saturated carbocycles. The molecular formula is C15H25N5. The maximum absolute atomic E-state index is 5.55. The highest BCUT2D eigenvalue weighted by Gasteiger charge is 2.11. The third-order valence-electron chi connectivity index (χ3n) is 3.28. The lowest BCUT2D eigenvalue weighted by Gasteiger charge is -2.09. The zero-order valence-corrected chi connectivity index (χ0v) is 12.7. The van der Waals surface area contributed by atoms with Crippen molar-refractivity contribution in [1.82, 2.24) is 14.6 Å². The Morgan fingerprint density at radius 1 is 1.35 bits per heavy atom. The number of nitrogens with two attached hydrogens (primary N) is 1. The maximum Gasteiger partial charge on any atom is 0.157 e. The predicted molar refractivity (Wildman–Crippen MR) is 83.2 cm³/mol. The molecule has 5 heteroatoms. The number of hydrogen-bond acceptors (Lipinski definition) is 4. The van der Waals surface area contributed by atoms with Crippen molar-refractivity contribution >= 4 is 11.5 Å². The molecule has 0 unspecified atom stereocenters. The van der Waals surface area contributed by atoms with Crippen molar-refractivity contribution in [3.8, 4) is 0 Å². The molecule has 0 aromatic carbocycles. The van der Waals surface area contributed by atoms with Gasteiger partial charge in [-0.25, -0.2) is 4.98 Å². The Hall–Kier alpha value is -1.62. The summed E-state index contributed by atoms with van der Waals surface area (Å²) in [5, 5.41) is 8.07. The number of rotatable bonds is 7. The summed E-state index contributed by atoms with van der Waals surface area (Å²) in [4.78, 5) is 4.69. The molecule has 0 fully saturated rings. The molecule has 0 aliphatic heterocycles. The van der Waals surface area contributed by atoms with Crippen LogP contribution in [-0.2, 0) is 6.42 Å². The standard InChI is InChI=1S/C15H25N5/c1-4-6-12-9-14(17-8-5-7-16)20-15(18-12)10-13(19-20)11(2)3/h9-11,17H,4-8,16H2,1-3H3. The van der Waals surface area contributed by atoms with Crippen LogP contribution >= 0.6 is 0 Å². The predicted octanol–water partition coefficient (Wildman–Crippen LogP) is 2.57. The fourth-order valence-corrected chi connectivity index (χ4v) is 2.16. The number of aryl methyl sites for hydroxylation is 1. The highest BCUT2D eigenvalue weighted by Crippen LogP contribution is 2.19. The molecule has 0 aliphatic rings. The second kappa shape index (κ2) is 6.70. The van der Waals surface area contributed by atoms with Crippen LogP contribution in [0.25, 0.3) is 5.65 Å². The quantitative estimate of drug-likeness (QED) is 0.762. The Morgan fingerprint density at radius 3 is 2.80 bits per heavy atom. The summed E-state index contributed by atoms with van der Waals surface area (Å²) in [6, 6.07) is 4.18. The summed E-state index contributed by atoms with van der Waals surface area (Å²) in [6.07, 6.45) is 3.03. The van der Waals surface area contributed by atoms with E-state index in [1.54, 1.807) is 0 Å². The van der Waals surface area contributed by atoms with Crippen LogP contribution in [0.4, 0.5) is 5.82 Å². The van der Waals surface area contributed by atoms with Crippen molar-refractivity contribution in [2.24, 2.45) is 5.73 Å². The number of anilines is 1. The van der Waals surface area contributed by atoms with Gasteiger partial charge in [0.2, 0.25) is 0 Å². The van der Waals surface area contributed by atoms with E-state index in [0.717, 1.165) is 48.7 Å². The van der Waals surface area contributed by atoms with E-state index in [1.165, 1.54) is 0 Å². The minimum absolute atomic E-state index is 0.406. The van der Waals surface area contributed by atoms with E-state index in [1.807, 2.05) is 4.52 Å². The number of fused-ring (bicyclic) bond motifs is 1. The number of aromatic nitrogens is 3. The topological polar surface area (TPSA) is 68.2 Å². The van der Waals surface area contributed by atoms with Crippen LogP contribution in [0.15, 0.2) is 12.1 Å². The summed E-state index contributed by atoms with van der Waals surface area (Å²) in [5.41, 5.74) is 8.67. The first-order chi connectivity index (χ1) is 9.65. The minimum atomic E-state index is 0.406. The van der Waals surface area contributed by atoms with E-state index in [-0.39, 0.29) is 0 Å². The van der Waals surface area contributed by atoms with Gasteiger partial charge in [0.15, 0.2) is 5.65 Å². The van der Waals surface area contributed by atoms with Gasteiger partial charge in [0.25, 0.3) is 0 Å². The normalized spacial score (nSPS) is 11.4. The molecule has 0 aliphatic carbocycles. The molecule has 2 aromatic heterocycles. The Balaban J connectivity index is 2.38. The first-order valence-corrected chi connectivity index (χ1v) is 7.49. The Morgan fingerprint density at radius 2 is 2.15 bits per heavy atom. The molecule has 0 saturated heterocycles. The molecule has 2 aromatic rings. The molecule has 0 spiro atoms. The van der Waals surface area contributed by atoms with Crippen molar-refractivity contribution < 1.29 is 0 Å². The monoisotopic (exact) mass is 275 g/mol. The summed E-state index contributed by atoms with van der Waals surface area (Å²) in [7, 11) is 0. The van der Waals surface area contributed by atoms with Crippen molar-refractivity contribution in [1.29, 1.82) is 0 Å². The Kier molecular flexibility index (Phi) is 4.95. The second-order valence-electron chi connectivity index (χ2n) is 5.45. The molecule has 0 radical (unpaired) electrons. The molecule has 0 bridgehead atoms. The van der Waals surface area contributed by atoms with Crippen LogP contribution < -0.4 is 11.1 Å². The summed E-state index contributed by atoms with van der Waals surface area (Å²) >= 11 is 0. The average Bonchev–Trinajstić information content (AvgIpc) is 2.83. The van der Waals surface area contributed by atoms with Crippen LogP contribution in [0.3, 0.4) is 0 Å². The van der Waals surface area contributed by atoms with Gasteiger partial charge in [-0.3, -0.25) is 0 Å². The van der Waals surface area contributed by atoms with Gasteiger partial charge in [0, 0.05) is 24.4 Å². The van der Waals surface area contributed by atoms with Crippen LogP contribution in [0.2, 0.25) is 0 Å². The summed E-state index contributed by atoms with van der Waals surface area (Å²) in [5.74, 6) is 1.42. The fraction of sp³-hybridized carbons (Fsp3) is 0.600. The summed E-state index contributed by atoms with van der Waals surface area (Å²) < 4.78 is 1.91. The lowest BCUT2D eigenvalue weighted by molar-refractivity contribution is 0.779. The van der Waals surface area contributed by atoms with Gasteiger partial charge < -0.3 is 11.1 Å². The first-order valence-electron chi connectivity index (χ1n) is 7.49. The Bertz CT molecular complexity index is 559. The van der Waals surface area contributed by atoms with Crippen LogP contribution in [-0.4, -0.2) is 27.7 Å². The SMILES string of the molecule is CCCc1cc(NCCCN)n2nc(C(C)C)cc2n1. The minimum Gasteiger partial charge on any atom is -0.370 e. The highest BCUT2D eigenvalue weighted by molar-refractivity contribution is 5.51. The van der Waals surface area contributed by atoms with E-state index in [2.05, 4.69) is 43.3 Å². The summed E-state index contributed by atoms with van der Waals surface area (Å²) in [6.45, 7) is 8.02. The van der Waals surface area contributed by atoms with Crippen LogP contribution in [0, 0.1) is 0 Å². The molecule has 2 heterocycles. The van der Waals surface area contributed by atoms with E-state index in [0.29, 0.717) is 12.5 Å². The van der Waals surface area contributed by atoms with Crippen molar-refractivity contribution in [3.05, 3.63) is 23.5 Å². The third kappa shape index (κ3) is 3.28. The smallest absolute Gasteiger partial charge is 0.157 e. The molecular weight excluding hydrogens is 250 g/mol.